The Bertz CT molecular complexity index is 1470. The first-order valence-corrected chi connectivity index (χ1v) is 12.1. The van der Waals surface area contributed by atoms with Crippen LogP contribution in [0.1, 0.15) is 22.6 Å². The molecule has 4 aromatic carbocycles. The summed E-state index contributed by atoms with van der Waals surface area (Å²) in [5.74, 6) is -0.827. The number of H-pyrrole nitrogens is 1. The molecule has 37 heavy (non-hydrogen) atoms. The average molecular weight is 490 g/mol. The molecule has 0 fully saturated rings. The van der Waals surface area contributed by atoms with Gasteiger partial charge in [-0.15, -0.1) is 0 Å². The zero-order chi connectivity index (χ0) is 25.5. The lowest BCUT2D eigenvalue weighted by Gasteiger charge is -2.27. The van der Waals surface area contributed by atoms with Crippen LogP contribution in [-0.2, 0) is 16.1 Å². The van der Waals surface area contributed by atoms with Crippen molar-refractivity contribution in [2.75, 3.05) is 5.32 Å². The van der Waals surface area contributed by atoms with Gasteiger partial charge in [0.05, 0.1) is 0 Å². The first-order chi connectivity index (χ1) is 18.2. The van der Waals surface area contributed by atoms with Gasteiger partial charge in [-0.3, -0.25) is 4.79 Å². The van der Waals surface area contributed by atoms with E-state index >= 15 is 0 Å². The van der Waals surface area contributed by atoms with Crippen molar-refractivity contribution in [3.63, 3.8) is 0 Å². The third-order valence-electron chi connectivity index (χ3n) is 6.26. The number of ether oxygens (including phenoxy) is 1. The lowest BCUT2D eigenvalue weighted by atomic mass is 9.84. The van der Waals surface area contributed by atoms with Gasteiger partial charge in [0.1, 0.15) is 12.6 Å². The number of nitrogens with one attached hydrogen (secondary N) is 3. The molecule has 0 spiro atoms. The zero-order valence-corrected chi connectivity index (χ0v) is 20.1. The van der Waals surface area contributed by atoms with Crippen LogP contribution in [0.2, 0.25) is 0 Å². The standard InChI is InChI=1S/C31H27N3O3/c35-30(33-24-16-8-3-9-17-24)29(34-31(36)37-21-22-12-4-1-5-13-22)28(23-14-6-2-7-15-23)26-20-32-27-19-11-10-18-25(26)27/h1-20,28-29,32H,21H2,(H,33,35)(H,34,36)/t28-,29-/m1/s1. The molecule has 1 aromatic heterocycles. The number of aromatic amines is 1. The third kappa shape index (κ3) is 5.70. The molecule has 3 N–H and O–H groups in total. The lowest BCUT2D eigenvalue weighted by molar-refractivity contribution is -0.118. The maximum absolute atomic E-state index is 13.8. The zero-order valence-electron chi connectivity index (χ0n) is 20.1. The fourth-order valence-electron chi connectivity index (χ4n) is 4.50. The third-order valence-corrected chi connectivity index (χ3v) is 6.26. The smallest absolute Gasteiger partial charge is 0.408 e. The number of benzene rings is 4. The molecule has 0 bridgehead atoms. The van der Waals surface area contributed by atoms with Gasteiger partial charge in [0.25, 0.3) is 0 Å². The Hall–Kier alpha value is -4.84. The van der Waals surface area contributed by atoms with Gasteiger partial charge in [-0.05, 0) is 34.9 Å². The summed E-state index contributed by atoms with van der Waals surface area (Å²) in [7, 11) is 0. The summed E-state index contributed by atoms with van der Waals surface area (Å²) in [5.41, 5.74) is 4.25. The van der Waals surface area contributed by atoms with Crippen molar-refractivity contribution in [2.45, 2.75) is 18.6 Å². The summed E-state index contributed by atoms with van der Waals surface area (Å²) in [6.45, 7) is 0.1000. The highest BCUT2D eigenvalue weighted by Crippen LogP contribution is 2.34. The topological polar surface area (TPSA) is 83.2 Å². The molecular weight excluding hydrogens is 462 g/mol. The molecule has 0 saturated heterocycles. The van der Waals surface area contributed by atoms with E-state index < -0.39 is 18.1 Å². The first kappa shape index (κ1) is 23.9. The molecule has 5 aromatic rings. The predicted octanol–water partition coefficient (Wildman–Crippen LogP) is 6.23. The molecule has 184 valence electrons. The number of rotatable bonds is 8. The molecular formula is C31H27N3O3. The van der Waals surface area contributed by atoms with Crippen LogP contribution >= 0.6 is 0 Å². The molecule has 1 heterocycles. The van der Waals surface area contributed by atoms with Crippen molar-refractivity contribution in [3.05, 3.63) is 138 Å². The van der Waals surface area contributed by atoms with Crippen molar-refractivity contribution in [1.82, 2.24) is 10.3 Å². The van der Waals surface area contributed by atoms with Crippen molar-refractivity contribution in [3.8, 4) is 0 Å². The largest absolute Gasteiger partial charge is 0.445 e. The molecule has 6 heteroatoms. The predicted molar refractivity (Wildman–Crippen MR) is 145 cm³/mol. The molecule has 6 nitrogen and oxygen atoms in total. The van der Waals surface area contributed by atoms with E-state index in [1.807, 2.05) is 121 Å². The highest BCUT2D eigenvalue weighted by molar-refractivity contribution is 5.98. The maximum atomic E-state index is 13.8. The summed E-state index contributed by atoms with van der Waals surface area (Å²) < 4.78 is 5.51. The van der Waals surface area contributed by atoms with Crippen LogP contribution in [0.4, 0.5) is 10.5 Å². The number of carbonyl (C=O) groups is 2. The number of alkyl carbamates (subject to hydrolysis) is 1. The van der Waals surface area contributed by atoms with Crippen LogP contribution in [0.3, 0.4) is 0 Å². The Morgan fingerprint density at radius 1 is 0.757 bits per heavy atom. The van der Waals surface area contributed by atoms with Crippen LogP contribution < -0.4 is 10.6 Å². The number of anilines is 1. The number of carbonyl (C=O) groups excluding carboxylic acids is 2. The van der Waals surface area contributed by atoms with Gasteiger partial charge in [-0.1, -0.05) is 97.1 Å². The molecule has 0 aliphatic heterocycles. The Balaban J connectivity index is 1.51. The average Bonchev–Trinajstić information content (AvgIpc) is 3.37. The van der Waals surface area contributed by atoms with Crippen LogP contribution in [-0.4, -0.2) is 23.0 Å². The first-order valence-electron chi connectivity index (χ1n) is 12.1. The Morgan fingerprint density at radius 2 is 1.38 bits per heavy atom. The van der Waals surface area contributed by atoms with Crippen LogP contribution in [0.25, 0.3) is 10.9 Å². The quantitative estimate of drug-likeness (QED) is 0.241. The van der Waals surface area contributed by atoms with Gasteiger partial charge < -0.3 is 20.4 Å². The van der Waals surface area contributed by atoms with E-state index in [9.17, 15) is 9.59 Å². The molecule has 0 unspecified atom stereocenters. The second-order valence-corrected chi connectivity index (χ2v) is 8.72. The van der Waals surface area contributed by atoms with Crippen molar-refractivity contribution < 1.29 is 14.3 Å². The minimum Gasteiger partial charge on any atom is -0.445 e. The Kier molecular flexibility index (Phi) is 7.27. The normalized spacial score (nSPS) is 12.4. The minimum atomic E-state index is -0.954. The Labute approximate surface area is 215 Å². The van der Waals surface area contributed by atoms with E-state index in [1.54, 1.807) is 0 Å². The lowest BCUT2D eigenvalue weighted by Crippen LogP contribution is -2.48. The molecule has 0 aliphatic rings. The Morgan fingerprint density at radius 3 is 2.11 bits per heavy atom. The van der Waals surface area contributed by atoms with E-state index in [2.05, 4.69) is 15.6 Å². The highest BCUT2D eigenvalue weighted by atomic mass is 16.5. The molecule has 5 rings (SSSR count). The van der Waals surface area contributed by atoms with Gasteiger partial charge in [-0.2, -0.15) is 0 Å². The highest BCUT2D eigenvalue weighted by Gasteiger charge is 2.34. The summed E-state index contributed by atoms with van der Waals surface area (Å²) >= 11 is 0. The second-order valence-electron chi connectivity index (χ2n) is 8.72. The van der Waals surface area contributed by atoms with Gasteiger partial charge in [-0.25, -0.2) is 4.79 Å². The monoisotopic (exact) mass is 489 g/mol. The molecule has 0 saturated carbocycles. The maximum Gasteiger partial charge on any atom is 0.408 e. The van der Waals surface area contributed by atoms with Gasteiger partial charge in [0.2, 0.25) is 5.91 Å². The molecule has 2 atom stereocenters. The fourth-order valence-corrected chi connectivity index (χ4v) is 4.50. The number of hydrogen-bond acceptors (Lipinski definition) is 3. The summed E-state index contributed by atoms with van der Waals surface area (Å²) in [6, 6.07) is 35.3. The number of amides is 2. The SMILES string of the molecule is O=C(N[C@@H](C(=O)Nc1ccccc1)[C@H](c1ccccc1)c1c[nH]c2ccccc12)OCc1ccccc1. The van der Waals surface area contributed by atoms with Crippen molar-refractivity contribution in [1.29, 1.82) is 0 Å². The second kappa shape index (κ2) is 11.3. The van der Waals surface area contributed by atoms with E-state index in [1.165, 1.54) is 0 Å². The van der Waals surface area contributed by atoms with Crippen molar-refractivity contribution >= 4 is 28.6 Å². The van der Waals surface area contributed by atoms with Crippen LogP contribution in [0, 0.1) is 0 Å². The van der Waals surface area contributed by atoms with Crippen LogP contribution in [0.15, 0.2) is 121 Å². The number of hydrogen-bond donors (Lipinski definition) is 3. The fraction of sp³-hybridized carbons (Fsp3) is 0.0968. The van der Waals surface area contributed by atoms with Gasteiger partial charge >= 0.3 is 6.09 Å². The minimum absolute atomic E-state index is 0.1000. The van der Waals surface area contributed by atoms with Gasteiger partial charge in [0, 0.05) is 28.7 Å². The van der Waals surface area contributed by atoms with E-state index in [4.69, 9.17) is 4.74 Å². The number of para-hydroxylation sites is 2. The summed E-state index contributed by atoms with van der Waals surface area (Å²) in [4.78, 5) is 30.1. The van der Waals surface area contributed by atoms with Gasteiger partial charge in [0.15, 0.2) is 0 Å². The number of fused-ring (bicyclic) bond motifs is 1. The molecule has 2 amide bonds. The summed E-state index contributed by atoms with van der Waals surface area (Å²) in [6.07, 6.45) is 1.24. The van der Waals surface area contributed by atoms with E-state index in [0.29, 0.717) is 5.69 Å². The molecule has 0 aliphatic carbocycles. The summed E-state index contributed by atoms with van der Waals surface area (Å²) in [5, 5.41) is 6.81. The van der Waals surface area contributed by atoms with E-state index in [0.717, 1.165) is 27.6 Å². The molecule has 0 radical (unpaired) electrons. The number of aromatic nitrogens is 1. The van der Waals surface area contributed by atoms with Crippen LogP contribution in [0.5, 0.6) is 0 Å². The van der Waals surface area contributed by atoms with E-state index in [-0.39, 0.29) is 12.5 Å². The van der Waals surface area contributed by atoms with Crippen molar-refractivity contribution in [2.24, 2.45) is 0 Å².